The highest BCUT2D eigenvalue weighted by molar-refractivity contribution is 9.10. The number of para-hydroxylation sites is 2. The van der Waals surface area contributed by atoms with Gasteiger partial charge in [0.2, 0.25) is 5.91 Å². The number of amides is 1. The first-order valence-corrected chi connectivity index (χ1v) is 12.3. The second-order valence-corrected chi connectivity index (χ2v) is 9.95. The van der Waals surface area contributed by atoms with Crippen LogP contribution in [0.5, 0.6) is 0 Å². The van der Waals surface area contributed by atoms with E-state index < -0.39 is 0 Å². The van der Waals surface area contributed by atoms with Crippen molar-refractivity contribution in [3.63, 3.8) is 0 Å². The number of fused-ring (bicyclic) bond motifs is 1. The van der Waals surface area contributed by atoms with E-state index in [0.717, 1.165) is 85.7 Å². The smallest absolute Gasteiger partial charge is 0.227 e. The van der Waals surface area contributed by atoms with Crippen molar-refractivity contribution in [2.75, 3.05) is 46.3 Å². The summed E-state index contributed by atoms with van der Waals surface area (Å²) in [5.41, 5.74) is 3.22. The fraction of sp³-hybridized carbons (Fsp3) is 0.440. The molecule has 0 aliphatic carbocycles. The first-order chi connectivity index (χ1) is 15.6. The van der Waals surface area contributed by atoms with Crippen molar-refractivity contribution < 1.29 is 4.79 Å². The zero-order chi connectivity index (χ0) is 22.1. The number of aromatic nitrogens is 2. The minimum Gasteiger partial charge on any atom is -0.340 e. The molecule has 2 saturated heterocycles. The molecule has 0 N–H and O–H groups in total. The molecule has 168 valence electrons. The van der Waals surface area contributed by atoms with Crippen molar-refractivity contribution in [1.82, 2.24) is 24.3 Å². The number of likely N-dealkylation sites (N-methyl/N-ethyl adjacent to an activating group) is 1. The van der Waals surface area contributed by atoms with Gasteiger partial charge in [-0.05, 0) is 56.8 Å². The average molecular weight is 496 g/mol. The molecule has 6 nitrogen and oxygen atoms in total. The van der Waals surface area contributed by atoms with Gasteiger partial charge in [-0.25, -0.2) is 4.98 Å². The van der Waals surface area contributed by atoms with Crippen LogP contribution >= 0.6 is 15.9 Å². The van der Waals surface area contributed by atoms with Crippen molar-refractivity contribution in [1.29, 1.82) is 0 Å². The van der Waals surface area contributed by atoms with Crippen molar-refractivity contribution in [2.24, 2.45) is 5.92 Å². The summed E-state index contributed by atoms with van der Waals surface area (Å²) >= 11 is 3.61. The van der Waals surface area contributed by atoms with Crippen LogP contribution in [0.15, 0.2) is 53.0 Å². The highest BCUT2D eigenvalue weighted by atomic mass is 79.9. The van der Waals surface area contributed by atoms with Gasteiger partial charge >= 0.3 is 0 Å². The second-order valence-electron chi connectivity index (χ2n) is 9.03. The van der Waals surface area contributed by atoms with E-state index in [1.54, 1.807) is 0 Å². The molecule has 3 aromatic rings. The van der Waals surface area contributed by atoms with Crippen molar-refractivity contribution in [3.05, 3.63) is 58.8 Å². The monoisotopic (exact) mass is 495 g/mol. The minimum atomic E-state index is 0.0934. The van der Waals surface area contributed by atoms with Crippen LogP contribution < -0.4 is 0 Å². The Kier molecular flexibility index (Phi) is 6.31. The van der Waals surface area contributed by atoms with Gasteiger partial charge < -0.3 is 9.80 Å². The molecule has 1 aromatic heterocycles. The summed E-state index contributed by atoms with van der Waals surface area (Å²) in [7, 11) is 2.13. The van der Waals surface area contributed by atoms with Gasteiger partial charge in [-0.1, -0.05) is 34.1 Å². The molecule has 0 unspecified atom stereocenters. The van der Waals surface area contributed by atoms with Gasteiger partial charge in [0.05, 0.1) is 23.5 Å². The van der Waals surface area contributed by atoms with Gasteiger partial charge in [0.1, 0.15) is 5.82 Å². The van der Waals surface area contributed by atoms with Crippen LogP contribution in [0.3, 0.4) is 0 Å². The van der Waals surface area contributed by atoms with Gasteiger partial charge in [-0.2, -0.15) is 0 Å². The number of likely N-dealkylation sites (tertiary alicyclic amines) is 1. The van der Waals surface area contributed by atoms with Gasteiger partial charge in [-0.15, -0.1) is 0 Å². The molecule has 0 spiro atoms. The Balaban J connectivity index is 1.37. The van der Waals surface area contributed by atoms with Crippen LogP contribution in [0, 0.1) is 5.92 Å². The highest BCUT2D eigenvalue weighted by Crippen LogP contribution is 2.26. The largest absolute Gasteiger partial charge is 0.340 e. The molecule has 3 heterocycles. The molecule has 0 radical (unpaired) electrons. The standard InChI is InChI=1S/C25H30BrN5O/c1-28-12-14-30(15-13-28)25(32)19-6-5-11-29(17-19)18-24-27-22-9-2-3-10-23(22)31(24)21-8-4-7-20(26)16-21/h2-4,7-10,16,19H,5-6,11-15,17-18H2,1H3/t19-/m0/s1. The van der Waals surface area contributed by atoms with Gasteiger partial charge in [0.25, 0.3) is 0 Å². The zero-order valence-electron chi connectivity index (χ0n) is 18.6. The average Bonchev–Trinajstić information content (AvgIpc) is 3.17. The van der Waals surface area contributed by atoms with E-state index in [9.17, 15) is 4.79 Å². The number of piperidine rings is 1. The number of piperazine rings is 1. The van der Waals surface area contributed by atoms with Crippen molar-refractivity contribution in [3.8, 4) is 5.69 Å². The molecule has 2 aliphatic rings. The van der Waals surface area contributed by atoms with Gasteiger partial charge in [0.15, 0.2) is 0 Å². The van der Waals surface area contributed by atoms with Gasteiger partial charge in [-0.3, -0.25) is 14.3 Å². The molecule has 7 heteroatoms. The predicted molar refractivity (Wildman–Crippen MR) is 131 cm³/mol. The van der Waals surface area contributed by atoms with E-state index in [2.05, 4.69) is 78.6 Å². The molecule has 0 bridgehead atoms. The first-order valence-electron chi connectivity index (χ1n) is 11.5. The molecule has 2 aliphatic heterocycles. The normalized spacial score (nSPS) is 20.7. The maximum Gasteiger partial charge on any atom is 0.227 e. The third kappa shape index (κ3) is 4.47. The topological polar surface area (TPSA) is 44.6 Å². The lowest BCUT2D eigenvalue weighted by Crippen LogP contribution is -2.51. The molecule has 1 amide bonds. The lowest BCUT2D eigenvalue weighted by molar-refractivity contribution is -0.139. The molecular weight excluding hydrogens is 466 g/mol. The Morgan fingerprint density at radius 2 is 1.88 bits per heavy atom. The second kappa shape index (κ2) is 9.33. The number of hydrogen-bond donors (Lipinski definition) is 0. The number of halogens is 1. The van der Waals surface area contributed by atoms with Gasteiger partial charge in [0, 0.05) is 42.9 Å². The van der Waals surface area contributed by atoms with Crippen LogP contribution in [0.25, 0.3) is 16.7 Å². The summed E-state index contributed by atoms with van der Waals surface area (Å²) in [6, 6.07) is 16.7. The van der Waals surface area contributed by atoms with E-state index in [4.69, 9.17) is 4.98 Å². The lowest BCUT2D eigenvalue weighted by atomic mass is 9.96. The summed E-state index contributed by atoms with van der Waals surface area (Å²) in [6.07, 6.45) is 2.05. The molecule has 1 atom stereocenters. The lowest BCUT2D eigenvalue weighted by Gasteiger charge is -2.38. The maximum atomic E-state index is 13.2. The summed E-state index contributed by atoms with van der Waals surface area (Å²) < 4.78 is 3.31. The number of rotatable bonds is 4. The molecular formula is C25H30BrN5O. The summed E-state index contributed by atoms with van der Waals surface area (Å²) in [4.78, 5) is 24.9. The number of hydrogen-bond acceptors (Lipinski definition) is 4. The molecule has 2 aromatic carbocycles. The third-order valence-corrected chi connectivity index (χ3v) is 7.22. The van der Waals surface area contributed by atoms with Crippen molar-refractivity contribution in [2.45, 2.75) is 19.4 Å². The number of imidazole rings is 1. The number of carbonyl (C=O) groups excluding carboxylic acids is 1. The summed E-state index contributed by atoms with van der Waals surface area (Å²) in [5, 5.41) is 0. The Labute approximate surface area is 197 Å². The summed E-state index contributed by atoms with van der Waals surface area (Å²) in [6.45, 7) is 6.21. The van der Waals surface area contributed by atoms with Crippen molar-refractivity contribution >= 4 is 32.9 Å². The highest BCUT2D eigenvalue weighted by Gasteiger charge is 2.31. The minimum absolute atomic E-state index is 0.0934. The van der Waals surface area contributed by atoms with E-state index in [1.807, 2.05) is 12.1 Å². The van der Waals surface area contributed by atoms with Crippen LogP contribution in [0.2, 0.25) is 0 Å². The maximum absolute atomic E-state index is 13.2. The quantitative estimate of drug-likeness (QED) is 0.552. The Bertz CT molecular complexity index is 1100. The van der Waals surface area contributed by atoms with E-state index in [0.29, 0.717) is 5.91 Å². The van der Waals surface area contributed by atoms with E-state index >= 15 is 0 Å². The summed E-state index contributed by atoms with van der Waals surface area (Å²) in [5.74, 6) is 1.45. The Morgan fingerprint density at radius 1 is 1.06 bits per heavy atom. The first kappa shape index (κ1) is 21.6. The third-order valence-electron chi connectivity index (χ3n) is 6.73. The Morgan fingerprint density at radius 3 is 2.69 bits per heavy atom. The SMILES string of the molecule is CN1CCN(C(=O)[C@H]2CCCN(Cc3nc4ccccc4n3-c3cccc(Br)c3)C2)CC1. The molecule has 5 rings (SSSR count). The number of benzene rings is 2. The zero-order valence-corrected chi connectivity index (χ0v) is 20.2. The predicted octanol–water partition coefficient (Wildman–Crippen LogP) is 3.77. The van der Waals surface area contributed by atoms with Crippen LogP contribution in [0.1, 0.15) is 18.7 Å². The Hall–Kier alpha value is -2.22. The van der Waals surface area contributed by atoms with Crippen LogP contribution in [-0.2, 0) is 11.3 Å². The number of nitrogens with zero attached hydrogens (tertiary/aromatic N) is 5. The molecule has 0 saturated carbocycles. The fourth-order valence-electron chi connectivity index (χ4n) is 4.97. The van der Waals surface area contributed by atoms with E-state index in [1.165, 1.54) is 0 Å². The number of carbonyl (C=O) groups is 1. The van der Waals surface area contributed by atoms with Crippen LogP contribution in [0.4, 0.5) is 0 Å². The van der Waals surface area contributed by atoms with Crippen LogP contribution in [-0.4, -0.2) is 76.5 Å². The van der Waals surface area contributed by atoms with E-state index in [-0.39, 0.29) is 5.92 Å². The fourth-order valence-corrected chi connectivity index (χ4v) is 5.36. The molecule has 32 heavy (non-hydrogen) atoms. The molecule has 2 fully saturated rings.